The van der Waals surface area contributed by atoms with Gasteiger partial charge in [0.1, 0.15) is 5.82 Å². The Morgan fingerprint density at radius 3 is 2.70 bits per heavy atom. The summed E-state index contributed by atoms with van der Waals surface area (Å²) in [5, 5.41) is 11.4. The zero-order valence-corrected chi connectivity index (χ0v) is 18.7. The van der Waals surface area contributed by atoms with Crippen LogP contribution in [0.25, 0.3) is 22.0 Å². The average molecular weight is 422 g/mol. The molecule has 1 heterocycles. The fourth-order valence-electron chi connectivity index (χ4n) is 3.94. The van der Waals surface area contributed by atoms with Gasteiger partial charge >= 0.3 is 0 Å². The molecule has 1 fully saturated rings. The Hall–Kier alpha value is -2.29. The predicted octanol–water partition coefficient (Wildman–Crippen LogP) is 6.66. The van der Waals surface area contributed by atoms with Crippen LogP contribution in [0, 0.1) is 22.6 Å². The molecule has 4 rings (SSSR count). The first kappa shape index (κ1) is 21.0. The van der Waals surface area contributed by atoms with Crippen molar-refractivity contribution in [2.45, 2.75) is 58.4 Å². The van der Waals surface area contributed by atoms with Crippen molar-refractivity contribution in [3.05, 3.63) is 59.5 Å². The fourth-order valence-corrected chi connectivity index (χ4v) is 4.99. The molecular weight excluding hydrogens is 393 g/mol. The van der Waals surface area contributed by atoms with E-state index in [0.29, 0.717) is 11.1 Å². The molecule has 0 unspecified atom stereocenters. The number of rotatable bonds is 6. The molecule has 0 atom stereocenters. The summed E-state index contributed by atoms with van der Waals surface area (Å²) in [6.07, 6.45) is 6.17. The maximum atomic E-state index is 14.6. The molecule has 1 aliphatic rings. The Morgan fingerprint density at radius 2 is 2.03 bits per heavy atom. The van der Waals surface area contributed by atoms with Crippen LogP contribution < -0.4 is 4.72 Å². The summed E-state index contributed by atoms with van der Waals surface area (Å²) in [6, 6.07) is 12.8. The van der Waals surface area contributed by atoms with Gasteiger partial charge in [-0.1, -0.05) is 57.3 Å². The zero-order chi connectivity index (χ0) is 21.3. The maximum absolute atomic E-state index is 14.6. The number of hydrogen-bond donors (Lipinski definition) is 1. The molecule has 1 aliphatic carbocycles. The lowest BCUT2D eigenvalue weighted by Crippen LogP contribution is -2.19. The summed E-state index contributed by atoms with van der Waals surface area (Å²) in [7, 11) is 0. The molecule has 3 nitrogen and oxygen atoms in total. The molecule has 0 aliphatic heterocycles. The van der Waals surface area contributed by atoms with Gasteiger partial charge < -0.3 is 4.57 Å². The van der Waals surface area contributed by atoms with Crippen molar-refractivity contribution in [3.63, 3.8) is 0 Å². The topological polar surface area (TPSA) is 40.8 Å². The molecule has 5 heteroatoms. The number of halogens is 1. The van der Waals surface area contributed by atoms with Crippen LogP contribution in [-0.2, 0) is 13.1 Å². The second kappa shape index (κ2) is 8.45. The normalized spacial score (nSPS) is 14.6. The molecule has 1 N–H and O–H groups in total. The van der Waals surface area contributed by atoms with E-state index in [-0.39, 0.29) is 11.2 Å². The smallest absolute Gasteiger partial charge is 0.132 e. The molecule has 156 valence electrons. The molecule has 0 radical (unpaired) electrons. The molecule has 0 amide bonds. The van der Waals surface area contributed by atoms with E-state index in [1.807, 2.05) is 24.1 Å². The first-order valence-electron chi connectivity index (χ1n) is 10.5. The van der Waals surface area contributed by atoms with Gasteiger partial charge in [-0.2, -0.15) is 5.26 Å². The third-order valence-electron chi connectivity index (χ3n) is 5.60. The largest absolute Gasteiger partial charge is 0.347 e. The van der Waals surface area contributed by atoms with Crippen molar-refractivity contribution in [2.24, 2.45) is 5.41 Å². The van der Waals surface area contributed by atoms with Gasteiger partial charge in [-0.25, -0.2) is 4.39 Å². The van der Waals surface area contributed by atoms with Gasteiger partial charge in [0, 0.05) is 41.0 Å². The lowest BCUT2D eigenvalue weighted by Gasteiger charge is -2.24. The number of aromatic nitrogens is 1. The molecule has 2 aromatic carbocycles. The van der Waals surface area contributed by atoms with E-state index >= 15 is 0 Å². The first-order chi connectivity index (χ1) is 14.4. The Kier molecular flexibility index (Phi) is 5.90. The Morgan fingerprint density at radius 1 is 1.23 bits per heavy atom. The summed E-state index contributed by atoms with van der Waals surface area (Å²) in [5.74, 6) is -0.360. The van der Waals surface area contributed by atoms with Crippen molar-refractivity contribution in [3.8, 4) is 17.2 Å². The van der Waals surface area contributed by atoms with Crippen LogP contribution in [0.1, 0.15) is 51.2 Å². The SMILES string of the molecule is CC(C)(C)Cn1cc(CNSC2CCC2)c2ccc(-c3c(F)cccc3C#N)cc21. The average Bonchev–Trinajstić information content (AvgIpc) is 2.98. The van der Waals surface area contributed by atoms with Crippen LogP contribution in [0.4, 0.5) is 4.39 Å². The molecule has 0 bridgehead atoms. The van der Waals surface area contributed by atoms with Crippen LogP contribution >= 0.6 is 11.9 Å². The minimum Gasteiger partial charge on any atom is -0.347 e. The summed E-state index contributed by atoms with van der Waals surface area (Å²) < 4.78 is 20.4. The molecule has 1 aromatic heterocycles. The summed E-state index contributed by atoms with van der Waals surface area (Å²) >= 11 is 1.85. The standard InChI is InChI=1S/C25H28FN3S/c1-25(2,3)16-29-15-19(14-28-30-20-7-5-8-20)21-11-10-17(12-23(21)29)24-18(13-27)6-4-9-22(24)26/h4,6,9-12,15,20,28H,5,7-8,14,16H2,1-3H3. The minimum absolute atomic E-state index is 0.114. The van der Waals surface area contributed by atoms with Gasteiger partial charge in [-0.05, 0) is 47.6 Å². The molecular formula is C25H28FN3S. The van der Waals surface area contributed by atoms with Crippen LogP contribution in [0.5, 0.6) is 0 Å². The highest BCUT2D eigenvalue weighted by Crippen LogP contribution is 2.34. The maximum Gasteiger partial charge on any atom is 0.132 e. The van der Waals surface area contributed by atoms with Crippen LogP contribution in [0.2, 0.25) is 0 Å². The summed E-state index contributed by atoms with van der Waals surface area (Å²) in [5.41, 5.74) is 3.94. The van der Waals surface area contributed by atoms with Gasteiger partial charge in [0.25, 0.3) is 0 Å². The van der Waals surface area contributed by atoms with E-state index in [4.69, 9.17) is 0 Å². The third-order valence-corrected chi connectivity index (χ3v) is 6.71. The molecule has 30 heavy (non-hydrogen) atoms. The van der Waals surface area contributed by atoms with Crippen molar-refractivity contribution in [2.75, 3.05) is 0 Å². The highest BCUT2D eigenvalue weighted by atomic mass is 32.2. The summed E-state index contributed by atoms with van der Waals surface area (Å²) in [6.45, 7) is 8.33. The lowest BCUT2D eigenvalue weighted by molar-refractivity contribution is 0.349. The van der Waals surface area contributed by atoms with Gasteiger partial charge in [0.2, 0.25) is 0 Å². The van der Waals surface area contributed by atoms with E-state index in [2.05, 4.69) is 48.4 Å². The lowest BCUT2D eigenvalue weighted by atomic mass is 9.96. The molecule has 0 spiro atoms. The van der Waals surface area contributed by atoms with E-state index < -0.39 is 0 Å². The van der Waals surface area contributed by atoms with E-state index in [0.717, 1.165) is 29.4 Å². The quantitative estimate of drug-likeness (QED) is 0.453. The number of nitriles is 1. The highest BCUT2D eigenvalue weighted by Gasteiger charge is 2.20. The van der Waals surface area contributed by atoms with E-state index in [1.54, 1.807) is 12.1 Å². The molecule has 0 saturated heterocycles. The van der Waals surface area contributed by atoms with Crippen molar-refractivity contribution in [1.29, 1.82) is 5.26 Å². The monoisotopic (exact) mass is 421 g/mol. The van der Waals surface area contributed by atoms with E-state index in [1.165, 1.54) is 36.3 Å². The Bertz CT molecular complexity index is 1100. The number of nitrogens with one attached hydrogen (secondary N) is 1. The van der Waals surface area contributed by atoms with E-state index in [9.17, 15) is 9.65 Å². The van der Waals surface area contributed by atoms with Gasteiger partial charge in [0.15, 0.2) is 0 Å². The molecule has 1 saturated carbocycles. The second-order valence-corrected chi connectivity index (χ2v) is 10.5. The number of nitrogens with zero attached hydrogens (tertiary/aromatic N) is 2. The minimum atomic E-state index is -0.360. The van der Waals surface area contributed by atoms with Crippen molar-refractivity contribution < 1.29 is 4.39 Å². The number of benzene rings is 2. The zero-order valence-electron chi connectivity index (χ0n) is 17.8. The highest BCUT2D eigenvalue weighted by molar-refractivity contribution is 7.98. The van der Waals surface area contributed by atoms with Crippen molar-refractivity contribution in [1.82, 2.24) is 9.29 Å². The summed E-state index contributed by atoms with van der Waals surface area (Å²) in [4.78, 5) is 0. The Labute approximate surface area is 182 Å². The van der Waals surface area contributed by atoms with Gasteiger partial charge in [-0.3, -0.25) is 4.72 Å². The molecule has 3 aromatic rings. The van der Waals surface area contributed by atoms with Crippen LogP contribution in [0.15, 0.2) is 42.6 Å². The van der Waals surface area contributed by atoms with Gasteiger partial charge in [-0.15, -0.1) is 0 Å². The Balaban J connectivity index is 1.74. The number of fused-ring (bicyclic) bond motifs is 1. The second-order valence-electron chi connectivity index (χ2n) is 9.34. The third kappa shape index (κ3) is 4.40. The van der Waals surface area contributed by atoms with Crippen LogP contribution in [-0.4, -0.2) is 9.82 Å². The first-order valence-corrected chi connectivity index (χ1v) is 11.4. The predicted molar refractivity (Wildman–Crippen MR) is 124 cm³/mol. The van der Waals surface area contributed by atoms with Crippen LogP contribution in [0.3, 0.4) is 0 Å². The van der Waals surface area contributed by atoms with Gasteiger partial charge in [0.05, 0.1) is 11.6 Å². The van der Waals surface area contributed by atoms with Crippen molar-refractivity contribution >= 4 is 22.9 Å². The fraction of sp³-hybridized carbons (Fsp3) is 0.400. The number of hydrogen-bond acceptors (Lipinski definition) is 3.